The maximum absolute atomic E-state index is 12.3. The highest BCUT2D eigenvalue weighted by Gasteiger charge is 2.28. The first kappa shape index (κ1) is 26.4. The molecule has 0 N–H and O–H groups in total. The van der Waals surface area contributed by atoms with Crippen LogP contribution >= 0.6 is 11.6 Å². The third-order valence-electron chi connectivity index (χ3n) is 4.79. The number of likely N-dealkylation sites (N-methyl/N-ethyl adjacent to an activating group) is 1. The lowest BCUT2D eigenvalue weighted by molar-refractivity contribution is -0.178. The average Bonchev–Trinajstić information content (AvgIpc) is 2.71. The van der Waals surface area contributed by atoms with E-state index < -0.39 is 23.6 Å². The molecule has 0 aromatic heterocycles. The highest BCUT2D eigenvalue weighted by atomic mass is 35.5. The van der Waals surface area contributed by atoms with Crippen molar-refractivity contribution in [2.45, 2.75) is 45.9 Å². The van der Waals surface area contributed by atoms with Crippen LogP contribution in [-0.2, 0) is 35.1 Å². The molecule has 180 valence electrons. The minimum atomic E-state index is -1.09. The van der Waals surface area contributed by atoms with Crippen molar-refractivity contribution < 1.29 is 28.5 Å². The highest BCUT2D eigenvalue weighted by Crippen LogP contribution is 2.24. The van der Waals surface area contributed by atoms with Crippen LogP contribution in [0, 0.1) is 0 Å². The number of anilines is 1. The van der Waals surface area contributed by atoms with E-state index in [1.165, 1.54) is 6.92 Å². The molecule has 32 heavy (non-hydrogen) atoms. The van der Waals surface area contributed by atoms with Crippen molar-refractivity contribution in [3.63, 3.8) is 0 Å². The van der Waals surface area contributed by atoms with Gasteiger partial charge in [-0.15, -0.1) is 0 Å². The summed E-state index contributed by atoms with van der Waals surface area (Å²) in [6, 6.07) is 5.96. The number of hydrogen-bond donors (Lipinski definition) is 0. The molecule has 0 aliphatic carbocycles. The molecule has 0 spiro atoms. The second-order valence-corrected chi connectivity index (χ2v) is 9.20. The van der Waals surface area contributed by atoms with Gasteiger partial charge in [0.25, 0.3) is 0 Å². The topological polar surface area (TPSA) is 77.5 Å². The molecule has 2 rings (SSSR count). The zero-order chi connectivity index (χ0) is 23.7. The summed E-state index contributed by atoms with van der Waals surface area (Å²) in [6.07, 6.45) is -1.09. The molecule has 9 heteroatoms. The van der Waals surface area contributed by atoms with Crippen molar-refractivity contribution in [3.8, 4) is 0 Å². The summed E-state index contributed by atoms with van der Waals surface area (Å²) >= 11 is 6.41. The summed E-state index contributed by atoms with van der Waals surface area (Å²) in [7, 11) is 1.96. The molecular formula is C23H35ClN2O6. The fourth-order valence-corrected chi connectivity index (χ4v) is 3.34. The number of hydrogen-bond acceptors (Lipinski definition) is 8. The molecule has 1 saturated heterocycles. The molecule has 1 aliphatic rings. The van der Waals surface area contributed by atoms with Crippen LogP contribution in [0.4, 0.5) is 5.69 Å². The molecule has 0 amide bonds. The molecule has 0 radical (unpaired) electrons. The second-order valence-electron chi connectivity index (χ2n) is 8.79. The fraction of sp³-hybridized carbons (Fsp3) is 0.652. The monoisotopic (exact) mass is 470 g/mol. The Hall–Kier alpha value is -1.87. The molecule has 1 aromatic rings. The van der Waals surface area contributed by atoms with Gasteiger partial charge in [0.15, 0.2) is 0 Å². The van der Waals surface area contributed by atoms with Gasteiger partial charge < -0.3 is 23.8 Å². The number of carbonyl (C=O) groups is 2. The van der Waals surface area contributed by atoms with Gasteiger partial charge in [-0.1, -0.05) is 11.6 Å². The van der Waals surface area contributed by atoms with Crippen molar-refractivity contribution in [1.82, 2.24) is 4.90 Å². The van der Waals surface area contributed by atoms with Gasteiger partial charge in [-0.25, -0.2) is 4.79 Å². The maximum atomic E-state index is 12.3. The summed E-state index contributed by atoms with van der Waals surface area (Å²) in [6.45, 7) is 11.4. The van der Waals surface area contributed by atoms with Crippen LogP contribution < -0.4 is 4.90 Å². The molecule has 8 nitrogen and oxygen atoms in total. The van der Waals surface area contributed by atoms with E-state index in [1.54, 1.807) is 20.8 Å². The molecule has 0 bridgehead atoms. The van der Waals surface area contributed by atoms with Crippen molar-refractivity contribution in [1.29, 1.82) is 0 Å². The lowest BCUT2D eigenvalue weighted by Gasteiger charge is -2.28. The third kappa shape index (κ3) is 9.32. The Bertz CT molecular complexity index is 761. The summed E-state index contributed by atoms with van der Waals surface area (Å²) in [5, 5.41) is 0.742. The van der Waals surface area contributed by atoms with Crippen LogP contribution in [0.2, 0.25) is 5.02 Å². The standard InChI is InChI=1S/C23H35ClN2O6/c1-17(27)31-21(22(28)32-23(2,3)4)16-30-11-8-25(5)19-6-7-20(24)18(14-19)15-26-9-12-29-13-10-26/h6-7,14,21H,8-13,15-16H2,1-5H3. The minimum Gasteiger partial charge on any atom is -0.457 e. The van der Waals surface area contributed by atoms with Gasteiger partial charge in [-0.05, 0) is 44.5 Å². The predicted molar refractivity (Wildman–Crippen MR) is 123 cm³/mol. The summed E-state index contributed by atoms with van der Waals surface area (Å²) < 4.78 is 21.4. The van der Waals surface area contributed by atoms with Crippen LogP contribution in [0.3, 0.4) is 0 Å². The second kappa shape index (κ2) is 12.4. The first-order valence-corrected chi connectivity index (χ1v) is 11.2. The normalized spacial score (nSPS) is 15.8. The lowest BCUT2D eigenvalue weighted by atomic mass is 10.1. The fourth-order valence-electron chi connectivity index (χ4n) is 3.16. The van der Waals surface area contributed by atoms with E-state index in [0.29, 0.717) is 13.2 Å². The van der Waals surface area contributed by atoms with E-state index in [4.69, 9.17) is 30.5 Å². The zero-order valence-electron chi connectivity index (χ0n) is 19.7. The number of nitrogens with zero attached hydrogens (tertiary/aromatic N) is 2. The lowest BCUT2D eigenvalue weighted by Crippen LogP contribution is -2.38. The van der Waals surface area contributed by atoms with Gasteiger partial charge in [0.05, 0.1) is 26.4 Å². The summed E-state index contributed by atoms with van der Waals surface area (Å²) in [4.78, 5) is 28.0. The Morgan fingerprint density at radius 3 is 2.56 bits per heavy atom. The Kier molecular flexibility index (Phi) is 10.2. The number of benzene rings is 1. The van der Waals surface area contributed by atoms with E-state index in [-0.39, 0.29) is 6.61 Å². The van der Waals surface area contributed by atoms with Gasteiger partial charge in [-0.3, -0.25) is 9.69 Å². The van der Waals surface area contributed by atoms with E-state index in [1.807, 2.05) is 24.1 Å². The quantitative estimate of drug-likeness (QED) is 0.381. The predicted octanol–water partition coefficient (Wildman–Crippen LogP) is 2.90. The molecule has 1 heterocycles. The van der Waals surface area contributed by atoms with Gasteiger partial charge in [0, 0.05) is 50.9 Å². The first-order chi connectivity index (χ1) is 15.0. The molecule has 0 saturated carbocycles. The van der Waals surface area contributed by atoms with Crippen molar-refractivity contribution in [3.05, 3.63) is 28.8 Å². The van der Waals surface area contributed by atoms with Crippen LogP contribution in [-0.4, -0.2) is 81.7 Å². The van der Waals surface area contributed by atoms with E-state index in [2.05, 4.69) is 11.0 Å². The summed E-state index contributed by atoms with van der Waals surface area (Å²) in [5.74, 6) is -1.18. The van der Waals surface area contributed by atoms with Crippen LogP contribution in [0.25, 0.3) is 0 Å². The van der Waals surface area contributed by atoms with Crippen molar-refractivity contribution in [2.75, 3.05) is 58.0 Å². The third-order valence-corrected chi connectivity index (χ3v) is 5.15. The molecular weight excluding hydrogens is 436 g/mol. The SMILES string of the molecule is CC(=O)OC(COCCN(C)c1ccc(Cl)c(CN2CCOCC2)c1)C(=O)OC(C)(C)C. The Balaban J connectivity index is 1.86. The minimum absolute atomic E-state index is 0.0643. The molecule has 1 aromatic carbocycles. The number of carbonyl (C=O) groups excluding carboxylic acids is 2. The van der Waals surface area contributed by atoms with Gasteiger partial charge >= 0.3 is 11.9 Å². The maximum Gasteiger partial charge on any atom is 0.350 e. The number of rotatable bonds is 10. The van der Waals surface area contributed by atoms with Gasteiger partial charge in [0.2, 0.25) is 6.10 Å². The van der Waals surface area contributed by atoms with E-state index in [0.717, 1.165) is 49.1 Å². The zero-order valence-corrected chi connectivity index (χ0v) is 20.4. The van der Waals surface area contributed by atoms with Crippen LogP contribution in [0.15, 0.2) is 18.2 Å². The first-order valence-electron chi connectivity index (χ1n) is 10.8. The largest absolute Gasteiger partial charge is 0.457 e. The average molecular weight is 471 g/mol. The summed E-state index contributed by atoms with van der Waals surface area (Å²) in [5.41, 5.74) is 1.41. The Labute approximate surface area is 195 Å². The van der Waals surface area contributed by atoms with Crippen LogP contribution in [0.1, 0.15) is 33.3 Å². The molecule has 1 atom stereocenters. The number of morpholine rings is 1. The van der Waals surface area contributed by atoms with E-state index in [9.17, 15) is 9.59 Å². The smallest absolute Gasteiger partial charge is 0.350 e. The molecule has 1 aliphatic heterocycles. The molecule has 1 fully saturated rings. The highest BCUT2D eigenvalue weighted by molar-refractivity contribution is 6.31. The van der Waals surface area contributed by atoms with E-state index >= 15 is 0 Å². The van der Waals surface area contributed by atoms with Crippen molar-refractivity contribution >= 4 is 29.2 Å². The Morgan fingerprint density at radius 1 is 1.25 bits per heavy atom. The Morgan fingerprint density at radius 2 is 1.94 bits per heavy atom. The number of ether oxygens (including phenoxy) is 4. The van der Waals surface area contributed by atoms with Crippen molar-refractivity contribution in [2.24, 2.45) is 0 Å². The molecule has 1 unspecified atom stereocenters. The van der Waals surface area contributed by atoms with Crippen LogP contribution in [0.5, 0.6) is 0 Å². The number of esters is 2. The van der Waals surface area contributed by atoms with Gasteiger partial charge in [0.1, 0.15) is 5.60 Å². The van der Waals surface area contributed by atoms with Gasteiger partial charge in [-0.2, -0.15) is 0 Å². The number of halogens is 1.